The Morgan fingerprint density at radius 2 is 1.62 bits per heavy atom. The summed E-state index contributed by atoms with van der Waals surface area (Å²) >= 11 is 0. The maximum absolute atomic E-state index is 12.3. The van der Waals surface area contributed by atoms with Crippen LogP contribution in [0.25, 0.3) is 0 Å². The first-order valence-corrected chi connectivity index (χ1v) is 7.79. The standard InChI is InChI=1S/C19H22N2O3/c1-12-8-7-9-13(2)17(12)21-18(22)14(3)24-19(23)15-10-5-6-11-16(15)20-4/h5-11,14,20H,1-4H3,(H,21,22). The van der Waals surface area contributed by atoms with E-state index in [1.165, 1.54) is 0 Å². The highest BCUT2D eigenvalue weighted by Gasteiger charge is 2.21. The van der Waals surface area contributed by atoms with Crippen LogP contribution in [0.3, 0.4) is 0 Å². The molecule has 0 aromatic heterocycles. The zero-order valence-electron chi connectivity index (χ0n) is 14.3. The van der Waals surface area contributed by atoms with Gasteiger partial charge in [-0.15, -0.1) is 0 Å². The summed E-state index contributed by atoms with van der Waals surface area (Å²) in [6, 6.07) is 12.8. The second-order valence-corrected chi connectivity index (χ2v) is 5.60. The van der Waals surface area contributed by atoms with Crippen molar-refractivity contribution in [3.8, 4) is 0 Å². The van der Waals surface area contributed by atoms with E-state index in [1.54, 1.807) is 32.2 Å². The number of anilines is 2. The highest BCUT2D eigenvalue weighted by Crippen LogP contribution is 2.20. The van der Waals surface area contributed by atoms with Gasteiger partial charge in [0.05, 0.1) is 5.56 Å². The van der Waals surface area contributed by atoms with Gasteiger partial charge in [0.2, 0.25) is 0 Å². The number of nitrogens with one attached hydrogen (secondary N) is 2. The maximum atomic E-state index is 12.3. The quantitative estimate of drug-likeness (QED) is 0.825. The van der Waals surface area contributed by atoms with E-state index in [4.69, 9.17) is 4.74 Å². The molecule has 24 heavy (non-hydrogen) atoms. The fourth-order valence-electron chi connectivity index (χ4n) is 2.39. The Labute approximate surface area is 142 Å². The van der Waals surface area contributed by atoms with Crippen LogP contribution in [-0.4, -0.2) is 25.0 Å². The highest BCUT2D eigenvalue weighted by molar-refractivity contribution is 6.00. The molecule has 2 aromatic rings. The fourth-order valence-corrected chi connectivity index (χ4v) is 2.39. The Balaban J connectivity index is 2.07. The average molecular weight is 326 g/mol. The number of ether oxygens (including phenoxy) is 1. The highest BCUT2D eigenvalue weighted by atomic mass is 16.5. The number of carbonyl (C=O) groups excluding carboxylic acids is 2. The summed E-state index contributed by atoms with van der Waals surface area (Å²) in [4.78, 5) is 24.6. The van der Waals surface area contributed by atoms with Gasteiger partial charge in [0.15, 0.2) is 6.10 Å². The van der Waals surface area contributed by atoms with Crippen LogP contribution in [0.1, 0.15) is 28.4 Å². The van der Waals surface area contributed by atoms with Crippen LogP contribution in [0, 0.1) is 13.8 Å². The first-order chi connectivity index (χ1) is 11.4. The number of para-hydroxylation sites is 2. The van der Waals surface area contributed by atoms with Crippen LogP contribution in [0.4, 0.5) is 11.4 Å². The van der Waals surface area contributed by atoms with Gasteiger partial charge < -0.3 is 15.4 Å². The second kappa shape index (κ2) is 7.64. The van der Waals surface area contributed by atoms with E-state index in [0.29, 0.717) is 11.3 Å². The zero-order valence-corrected chi connectivity index (χ0v) is 14.3. The van der Waals surface area contributed by atoms with Crippen LogP contribution in [0.5, 0.6) is 0 Å². The minimum atomic E-state index is -0.901. The number of hydrogen-bond donors (Lipinski definition) is 2. The van der Waals surface area contributed by atoms with Crippen LogP contribution < -0.4 is 10.6 Å². The molecule has 0 radical (unpaired) electrons. The molecule has 1 atom stereocenters. The van der Waals surface area contributed by atoms with Gasteiger partial charge in [0.1, 0.15) is 0 Å². The molecule has 2 aromatic carbocycles. The summed E-state index contributed by atoms with van der Waals surface area (Å²) in [5, 5.41) is 5.76. The topological polar surface area (TPSA) is 67.4 Å². The van der Waals surface area contributed by atoms with E-state index in [9.17, 15) is 9.59 Å². The third kappa shape index (κ3) is 3.93. The molecule has 0 saturated carbocycles. The van der Waals surface area contributed by atoms with Gasteiger partial charge >= 0.3 is 5.97 Å². The lowest BCUT2D eigenvalue weighted by molar-refractivity contribution is -0.123. The smallest absolute Gasteiger partial charge is 0.341 e. The molecular formula is C19H22N2O3. The Hall–Kier alpha value is -2.82. The van der Waals surface area contributed by atoms with Crippen molar-refractivity contribution >= 4 is 23.3 Å². The largest absolute Gasteiger partial charge is 0.449 e. The molecule has 1 amide bonds. The van der Waals surface area contributed by atoms with Gasteiger partial charge in [0.25, 0.3) is 5.91 Å². The van der Waals surface area contributed by atoms with Crippen molar-refractivity contribution < 1.29 is 14.3 Å². The van der Waals surface area contributed by atoms with E-state index in [2.05, 4.69) is 10.6 Å². The molecule has 0 heterocycles. The van der Waals surface area contributed by atoms with E-state index in [0.717, 1.165) is 16.8 Å². The summed E-state index contributed by atoms with van der Waals surface area (Å²) < 4.78 is 5.30. The van der Waals surface area contributed by atoms with Crippen molar-refractivity contribution in [2.45, 2.75) is 26.9 Å². The predicted octanol–water partition coefficient (Wildman–Crippen LogP) is 3.53. The lowest BCUT2D eigenvalue weighted by Gasteiger charge is -2.17. The molecule has 1 unspecified atom stereocenters. The minimum Gasteiger partial charge on any atom is -0.449 e. The maximum Gasteiger partial charge on any atom is 0.341 e. The van der Waals surface area contributed by atoms with Crippen molar-refractivity contribution in [2.24, 2.45) is 0 Å². The van der Waals surface area contributed by atoms with E-state index in [1.807, 2.05) is 38.1 Å². The van der Waals surface area contributed by atoms with Crippen LogP contribution in [0.15, 0.2) is 42.5 Å². The van der Waals surface area contributed by atoms with E-state index in [-0.39, 0.29) is 5.91 Å². The Bertz CT molecular complexity index is 736. The molecule has 0 fully saturated rings. The SMILES string of the molecule is CNc1ccccc1C(=O)OC(C)C(=O)Nc1c(C)cccc1C. The first-order valence-electron chi connectivity index (χ1n) is 7.79. The number of hydrogen-bond acceptors (Lipinski definition) is 4. The van der Waals surface area contributed by atoms with Crippen molar-refractivity contribution in [1.82, 2.24) is 0 Å². The number of amides is 1. The van der Waals surface area contributed by atoms with Crippen LogP contribution in [-0.2, 0) is 9.53 Å². The van der Waals surface area contributed by atoms with Crippen LogP contribution in [0.2, 0.25) is 0 Å². The third-order valence-electron chi connectivity index (χ3n) is 3.80. The summed E-state index contributed by atoms with van der Waals surface area (Å²) in [5.41, 5.74) is 3.72. The Morgan fingerprint density at radius 1 is 1.00 bits per heavy atom. The minimum absolute atomic E-state index is 0.359. The summed E-state index contributed by atoms with van der Waals surface area (Å²) in [6.45, 7) is 5.40. The lowest BCUT2D eigenvalue weighted by Crippen LogP contribution is -2.30. The van der Waals surface area contributed by atoms with Gasteiger partial charge in [-0.05, 0) is 44.0 Å². The van der Waals surface area contributed by atoms with Gasteiger partial charge in [-0.2, -0.15) is 0 Å². The summed E-state index contributed by atoms with van der Waals surface area (Å²) in [5.74, 6) is -0.896. The molecule has 2 N–H and O–H groups in total. The van der Waals surface area contributed by atoms with Crippen molar-refractivity contribution in [1.29, 1.82) is 0 Å². The Morgan fingerprint density at radius 3 is 2.25 bits per heavy atom. The van der Waals surface area contributed by atoms with E-state index < -0.39 is 12.1 Å². The van der Waals surface area contributed by atoms with Crippen molar-refractivity contribution in [2.75, 3.05) is 17.7 Å². The van der Waals surface area contributed by atoms with Gasteiger partial charge in [-0.1, -0.05) is 30.3 Å². The third-order valence-corrected chi connectivity index (χ3v) is 3.80. The molecule has 0 spiro atoms. The average Bonchev–Trinajstić information content (AvgIpc) is 2.57. The first kappa shape index (κ1) is 17.5. The molecule has 0 bridgehead atoms. The van der Waals surface area contributed by atoms with Crippen LogP contribution >= 0.6 is 0 Å². The number of carbonyl (C=O) groups is 2. The predicted molar refractivity (Wildman–Crippen MR) is 95.4 cm³/mol. The molecule has 126 valence electrons. The van der Waals surface area contributed by atoms with Gasteiger partial charge in [0, 0.05) is 18.4 Å². The van der Waals surface area contributed by atoms with E-state index >= 15 is 0 Å². The molecule has 0 aliphatic carbocycles. The molecular weight excluding hydrogens is 304 g/mol. The number of benzene rings is 2. The summed E-state index contributed by atoms with van der Waals surface area (Å²) in [6.07, 6.45) is -0.901. The molecule has 0 saturated heterocycles. The number of esters is 1. The second-order valence-electron chi connectivity index (χ2n) is 5.60. The number of rotatable bonds is 5. The molecule has 5 heteroatoms. The summed E-state index contributed by atoms with van der Waals surface area (Å²) in [7, 11) is 1.73. The van der Waals surface area contributed by atoms with Crippen molar-refractivity contribution in [3.05, 3.63) is 59.2 Å². The zero-order chi connectivity index (χ0) is 17.7. The Kier molecular flexibility index (Phi) is 5.58. The molecule has 2 rings (SSSR count). The molecule has 5 nitrogen and oxygen atoms in total. The molecule has 0 aliphatic rings. The van der Waals surface area contributed by atoms with Gasteiger partial charge in [-0.3, -0.25) is 4.79 Å². The monoisotopic (exact) mass is 326 g/mol. The van der Waals surface area contributed by atoms with Crippen molar-refractivity contribution in [3.63, 3.8) is 0 Å². The normalized spacial score (nSPS) is 11.5. The number of aryl methyl sites for hydroxylation is 2. The molecule has 0 aliphatic heterocycles. The fraction of sp³-hybridized carbons (Fsp3) is 0.263. The lowest BCUT2D eigenvalue weighted by atomic mass is 10.1. The van der Waals surface area contributed by atoms with Gasteiger partial charge in [-0.25, -0.2) is 4.79 Å².